The minimum atomic E-state index is -4.13. The van der Waals surface area contributed by atoms with Crippen molar-refractivity contribution in [2.45, 2.75) is 54.9 Å². The van der Waals surface area contributed by atoms with E-state index in [-0.39, 0.29) is 28.3 Å². The molecular formula is C31H38ClN5O5S. The molecule has 230 valence electrons. The molecule has 2 aromatic rings. The molecule has 4 heterocycles. The monoisotopic (exact) mass is 627 g/mol. The van der Waals surface area contributed by atoms with E-state index in [1.807, 2.05) is 24.1 Å². The third-order valence-corrected chi connectivity index (χ3v) is 11.6. The number of sulfonamides is 1. The second kappa shape index (κ2) is 10.8. The van der Waals surface area contributed by atoms with Gasteiger partial charge in [-0.25, -0.2) is 22.7 Å². The first-order chi connectivity index (χ1) is 20.6. The summed E-state index contributed by atoms with van der Waals surface area (Å²) in [7, 11) is -2.31. The Bertz CT molecular complexity index is 1570. The van der Waals surface area contributed by atoms with E-state index >= 15 is 0 Å². The molecule has 5 aliphatic rings. The third-order valence-electron chi connectivity index (χ3n) is 10.0. The van der Waals surface area contributed by atoms with Gasteiger partial charge in [0, 0.05) is 56.8 Å². The minimum Gasteiger partial charge on any atom is -0.490 e. The van der Waals surface area contributed by atoms with Crippen LogP contribution in [0.1, 0.15) is 43.2 Å². The summed E-state index contributed by atoms with van der Waals surface area (Å²) < 4.78 is 35.9. The van der Waals surface area contributed by atoms with Crippen LogP contribution in [0.4, 0.5) is 15.3 Å². The lowest BCUT2D eigenvalue weighted by Gasteiger charge is -2.42. The van der Waals surface area contributed by atoms with Gasteiger partial charge in [0.15, 0.2) is 0 Å². The number of carbonyl (C=O) groups is 2. The fraction of sp³-hybridized carbons (Fsp3) is 0.548. The lowest BCUT2D eigenvalue weighted by Crippen LogP contribution is -2.52. The molecule has 7 rings (SSSR count). The maximum atomic E-state index is 13.8. The number of carbonyl (C=O) groups excluding carboxylic acids is 2. The fourth-order valence-corrected chi connectivity index (χ4v) is 9.07. The van der Waals surface area contributed by atoms with E-state index in [1.54, 1.807) is 17.0 Å². The predicted octanol–water partition coefficient (Wildman–Crippen LogP) is 4.06. The van der Waals surface area contributed by atoms with Gasteiger partial charge in [0.1, 0.15) is 5.75 Å². The molecule has 0 aromatic heterocycles. The number of halogens is 1. The average Bonchev–Trinajstić information content (AvgIpc) is 3.61. The van der Waals surface area contributed by atoms with Crippen LogP contribution >= 0.6 is 11.6 Å². The van der Waals surface area contributed by atoms with Crippen LogP contribution in [-0.2, 0) is 21.9 Å². The van der Waals surface area contributed by atoms with Gasteiger partial charge in [-0.05, 0) is 85.9 Å². The van der Waals surface area contributed by atoms with E-state index in [0.29, 0.717) is 68.8 Å². The fourth-order valence-electron chi connectivity index (χ4n) is 7.88. The van der Waals surface area contributed by atoms with Crippen molar-refractivity contribution in [3.8, 4) is 5.75 Å². The van der Waals surface area contributed by atoms with Crippen LogP contribution in [0.25, 0.3) is 0 Å². The van der Waals surface area contributed by atoms with Crippen LogP contribution in [-0.4, -0.2) is 94.1 Å². The number of hydrogen-bond donors (Lipinski definition) is 1. The van der Waals surface area contributed by atoms with Gasteiger partial charge >= 0.3 is 12.1 Å². The van der Waals surface area contributed by atoms with Gasteiger partial charge in [-0.3, -0.25) is 0 Å². The molecule has 2 aromatic carbocycles. The first-order valence-electron chi connectivity index (χ1n) is 15.3. The molecule has 4 bridgehead atoms. The molecule has 1 spiro atoms. The number of amides is 4. The quantitative estimate of drug-likeness (QED) is 0.473. The van der Waals surface area contributed by atoms with Crippen LogP contribution in [0, 0.1) is 5.92 Å². The van der Waals surface area contributed by atoms with Gasteiger partial charge in [-0.2, -0.15) is 0 Å². The normalized spacial score (nSPS) is 28.7. The van der Waals surface area contributed by atoms with Crippen molar-refractivity contribution in [3.05, 3.63) is 52.5 Å². The number of nitrogens with zero attached hydrogens (tertiary/aromatic N) is 4. The lowest BCUT2D eigenvalue weighted by atomic mass is 9.70. The third kappa shape index (κ3) is 5.18. The second-order valence-electron chi connectivity index (χ2n) is 12.9. The Labute approximate surface area is 257 Å². The van der Waals surface area contributed by atoms with Crippen molar-refractivity contribution in [2.24, 2.45) is 5.92 Å². The van der Waals surface area contributed by atoms with E-state index < -0.39 is 16.1 Å². The molecule has 2 fully saturated rings. The summed E-state index contributed by atoms with van der Waals surface area (Å²) in [5, 5.41) is 0.713. The zero-order chi connectivity index (χ0) is 29.9. The van der Waals surface area contributed by atoms with Crippen LogP contribution in [0.3, 0.4) is 0 Å². The molecule has 0 radical (unpaired) electrons. The van der Waals surface area contributed by atoms with Gasteiger partial charge in [-0.1, -0.05) is 17.7 Å². The van der Waals surface area contributed by atoms with E-state index in [9.17, 15) is 18.0 Å². The molecule has 0 saturated carbocycles. The Morgan fingerprint density at radius 1 is 1.00 bits per heavy atom. The van der Waals surface area contributed by atoms with Gasteiger partial charge < -0.3 is 24.3 Å². The largest absolute Gasteiger partial charge is 0.490 e. The van der Waals surface area contributed by atoms with Crippen molar-refractivity contribution >= 4 is 39.4 Å². The maximum absolute atomic E-state index is 13.8. The molecule has 2 saturated heterocycles. The van der Waals surface area contributed by atoms with Gasteiger partial charge in [0.25, 0.3) is 10.0 Å². The Morgan fingerprint density at radius 2 is 1.86 bits per heavy atom. The smallest absolute Gasteiger partial charge is 0.331 e. The molecular weight excluding hydrogens is 590 g/mol. The number of nitrogens with one attached hydrogen (secondary N) is 1. The number of aryl methyl sites for hydroxylation is 1. The zero-order valence-corrected chi connectivity index (χ0v) is 26.0. The molecule has 3 atom stereocenters. The summed E-state index contributed by atoms with van der Waals surface area (Å²) >= 11 is 6.39. The van der Waals surface area contributed by atoms with Gasteiger partial charge in [0.05, 0.1) is 23.2 Å². The van der Waals surface area contributed by atoms with Crippen LogP contribution in [0.5, 0.6) is 5.75 Å². The van der Waals surface area contributed by atoms with Crippen LogP contribution in [0.15, 0.2) is 41.3 Å². The van der Waals surface area contributed by atoms with Crippen molar-refractivity contribution in [1.82, 2.24) is 19.4 Å². The molecule has 3 unspecified atom stereocenters. The summed E-state index contributed by atoms with van der Waals surface area (Å²) in [6.45, 7) is 3.65. The average molecular weight is 628 g/mol. The standard InChI is InChI=1S/C31H38ClN5O5S/c1-34-16-21-10-13-35(17-21)29(38)33-43(40,41)25-7-9-28-27(15-25)36(18-24-5-3-12-37(24)30(34)39)19-31(20-42-28)11-2-4-22-14-23(32)6-8-26(22)31/h6-9,14-15,21,24H,2-5,10-13,16-20H2,1H3,(H,33,38). The number of rotatable bonds is 0. The van der Waals surface area contributed by atoms with E-state index in [4.69, 9.17) is 16.3 Å². The van der Waals surface area contributed by atoms with Crippen molar-refractivity contribution in [2.75, 3.05) is 57.8 Å². The molecule has 12 heteroatoms. The molecule has 4 aliphatic heterocycles. The molecule has 43 heavy (non-hydrogen) atoms. The summed E-state index contributed by atoms with van der Waals surface area (Å²) in [5.74, 6) is 0.685. The van der Waals surface area contributed by atoms with Crippen LogP contribution < -0.4 is 14.4 Å². The summed E-state index contributed by atoms with van der Waals surface area (Å²) in [5.41, 5.74) is 2.76. The summed E-state index contributed by atoms with van der Waals surface area (Å²) in [4.78, 5) is 34.4. The topological polar surface area (TPSA) is 102 Å². The highest BCUT2D eigenvalue weighted by atomic mass is 35.5. The molecule has 10 nitrogen and oxygen atoms in total. The number of hydrogen-bond acceptors (Lipinski definition) is 6. The van der Waals surface area contributed by atoms with Crippen molar-refractivity contribution in [3.63, 3.8) is 0 Å². The first-order valence-corrected chi connectivity index (χ1v) is 17.1. The van der Waals surface area contributed by atoms with Gasteiger partial charge in [-0.15, -0.1) is 0 Å². The minimum absolute atomic E-state index is 0.00693. The number of benzene rings is 2. The second-order valence-corrected chi connectivity index (χ2v) is 15.0. The highest BCUT2D eigenvalue weighted by Crippen LogP contribution is 2.45. The highest BCUT2D eigenvalue weighted by molar-refractivity contribution is 7.90. The molecule has 4 amide bonds. The Balaban J connectivity index is 1.32. The zero-order valence-electron chi connectivity index (χ0n) is 24.4. The van der Waals surface area contributed by atoms with Crippen LogP contribution in [0.2, 0.25) is 5.02 Å². The molecule has 1 N–H and O–H groups in total. The SMILES string of the molecule is CN1CC2CCN(C2)C(=O)NS(=O)(=O)c2ccc3c(c2)N(CC2CCCN2C1=O)CC1(CCCc2cc(Cl)ccc21)CO3. The maximum Gasteiger partial charge on any atom is 0.331 e. The van der Waals surface area contributed by atoms with Gasteiger partial charge in [0.2, 0.25) is 0 Å². The first kappa shape index (κ1) is 28.6. The number of fused-ring (bicyclic) bond motifs is 6. The highest BCUT2D eigenvalue weighted by Gasteiger charge is 2.44. The number of anilines is 1. The van der Waals surface area contributed by atoms with E-state index in [2.05, 4.69) is 15.7 Å². The predicted molar refractivity (Wildman–Crippen MR) is 163 cm³/mol. The Kier molecular flexibility index (Phi) is 7.16. The lowest BCUT2D eigenvalue weighted by molar-refractivity contribution is 0.151. The Morgan fingerprint density at radius 3 is 2.72 bits per heavy atom. The van der Waals surface area contributed by atoms with Crippen molar-refractivity contribution < 1.29 is 22.7 Å². The Hall–Kier alpha value is -3.18. The summed E-state index contributed by atoms with van der Waals surface area (Å²) in [6.07, 6.45) is 5.35. The summed E-state index contributed by atoms with van der Waals surface area (Å²) in [6, 6.07) is 10.3. The van der Waals surface area contributed by atoms with E-state index in [1.165, 1.54) is 22.1 Å². The van der Waals surface area contributed by atoms with E-state index in [0.717, 1.165) is 32.1 Å². The number of urea groups is 2. The van der Waals surface area contributed by atoms with Crippen molar-refractivity contribution in [1.29, 1.82) is 0 Å². The number of ether oxygens (including phenoxy) is 1. The molecule has 1 aliphatic carbocycles.